The average Bonchev–Trinajstić information content (AvgIpc) is 2.62. The van der Waals surface area contributed by atoms with Gasteiger partial charge in [0.1, 0.15) is 11.5 Å². The third-order valence-corrected chi connectivity index (χ3v) is 7.84. The van der Waals surface area contributed by atoms with Gasteiger partial charge < -0.3 is 14.8 Å². The van der Waals surface area contributed by atoms with Crippen molar-refractivity contribution in [2.45, 2.75) is 49.0 Å². The lowest BCUT2D eigenvalue weighted by Crippen LogP contribution is -2.63. The molecular weight excluding hydrogens is 378 g/mol. The van der Waals surface area contributed by atoms with E-state index in [4.69, 9.17) is 9.47 Å². The minimum Gasteiger partial charge on any atom is -0.497 e. The number of nitrogens with one attached hydrogen (secondary N) is 1. The van der Waals surface area contributed by atoms with Crippen molar-refractivity contribution in [3.8, 4) is 11.5 Å². The Labute approximate surface area is 164 Å². The van der Waals surface area contributed by atoms with Crippen LogP contribution < -0.4 is 14.8 Å². The molecular formula is C21H23NO5S. The van der Waals surface area contributed by atoms with E-state index < -0.39 is 32.6 Å². The number of hydrogen-bond acceptors (Lipinski definition) is 5. The van der Waals surface area contributed by atoms with Gasteiger partial charge in [0.2, 0.25) is 5.91 Å². The first-order chi connectivity index (χ1) is 13.1. The van der Waals surface area contributed by atoms with Gasteiger partial charge in [-0.15, -0.1) is 0 Å². The van der Waals surface area contributed by atoms with Crippen molar-refractivity contribution < 1.29 is 22.7 Å². The Morgan fingerprint density at radius 1 is 1.14 bits per heavy atom. The Hall–Kier alpha value is -2.54. The van der Waals surface area contributed by atoms with Crippen LogP contribution in [0.2, 0.25) is 0 Å². The Kier molecular flexibility index (Phi) is 4.19. The number of hydrogen-bond donors (Lipinski definition) is 1. The minimum absolute atomic E-state index is 0.162. The number of carbonyl (C=O) groups is 1. The van der Waals surface area contributed by atoms with Crippen molar-refractivity contribution in [1.29, 1.82) is 0 Å². The number of rotatable bonds is 3. The summed E-state index contributed by atoms with van der Waals surface area (Å²) in [5, 5.41) is 1.55. The molecule has 2 heterocycles. The van der Waals surface area contributed by atoms with Gasteiger partial charge >= 0.3 is 0 Å². The standard InChI is InChI=1S/C21H23NO5S/c1-12-5-7-15(9-13(12)2)28(24,25)19-17-11-21(3,22-20(19)23)27-18-8-6-14(26-4)10-16(17)18/h5-10,17,19H,11H2,1-4H3,(H,22,23)/t17-,19+,21+/m1/s1. The van der Waals surface area contributed by atoms with E-state index in [1.807, 2.05) is 13.8 Å². The second kappa shape index (κ2) is 6.24. The van der Waals surface area contributed by atoms with Crippen LogP contribution in [0.4, 0.5) is 0 Å². The van der Waals surface area contributed by atoms with E-state index in [1.165, 1.54) is 0 Å². The molecule has 2 bridgehead atoms. The lowest BCUT2D eigenvalue weighted by Gasteiger charge is -2.46. The van der Waals surface area contributed by atoms with Gasteiger partial charge in [-0.3, -0.25) is 4.79 Å². The zero-order chi connectivity index (χ0) is 20.3. The number of carbonyl (C=O) groups excluding carboxylic acids is 1. The monoisotopic (exact) mass is 401 g/mol. The predicted molar refractivity (Wildman–Crippen MR) is 104 cm³/mol. The van der Waals surface area contributed by atoms with Crippen LogP contribution in [-0.4, -0.2) is 32.4 Å². The van der Waals surface area contributed by atoms with Crippen molar-refractivity contribution in [1.82, 2.24) is 5.32 Å². The summed E-state index contributed by atoms with van der Waals surface area (Å²) in [5.74, 6) is 0.105. The fourth-order valence-electron chi connectivity index (χ4n) is 4.11. The summed E-state index contributed by atoms with van der Waals surface area (Å²) >= 11 is 0. The predicted octanol–water partition coefficient (Wildman–Crippen LogP) is 2.87. The van der Waals surface area contributed by atoms with Gasteiger partial charge in [0.15, 0.2) is 20.8 Å². The zero-order valence-corrected chi connectivity index (χ0v) is 17.1. The molecule has 7 heteroatoms. The molecule has 148 valence electrons. The summed E-state index contributed by atoms with van der Waals surface area (Å²) in [6, 6.07) is 10.3. The molecule has 0 radical (unpaired) electrons. The fourth-order valence-corrected chi connectivity index (χ4v) is 6.01. The number of fused-ring (bicyclic) bond motifs is 4. The Morgan fingerprint density at radius 2 is 1.89 bits per heavy atom. The second-order valence-electron chi connectivity index (χ2n) is 7.75. The molecule has 2 aromatic rings. The molecule has 1 saturated heterocycles. The Bertz CT molecular complexity index is 1080. The van der Waals surface area contributed by atoms with E-state index in [0.29, 0.717) is 23.5 Å². The van der Waals surface area contributed by atoms with Gasteiger partial charge in [0.25, 0.3) is 0 Å². The maximum Gasteiger partial charge on any atom is 0.242 e. The highest BCUT2D eigenvalue weighted by molar-refractivity contribution is 7.92. The molecule has 28 heavy (non-hydrogen) atoms. The number of benzene rings is 2. The van der Waals surface area contributed by atoms with Crippen LogP contribution in [0.5, 0.6) is 11.5 Å². The molecule has 2 aliphatic rings. The van der Waals surface area contributed by atoms with Crippen LogP contribution >= 0.6 is 0 Å². The third-order valence-electron chi connectivity index (χ3n) is 5.71. The lowest BCUT2D eigenvalue weighted by molar-refractivity contribution is -0.132. The smallest absolute Gasteiger partial charge is 0.242 e. The van der Waals surface area contributed by atoms with Gasteiger partial charge in [0.05, 0.1) is 12.0 Å². The van der Waals surface area contributed by atoms with E-state index in [2.05, 4.69) is 5.32 Å². The molecule has 2 aliphatic heterocycles. The van der Waals surface area contributed by atoms with Gasteiger partial charge in [-0.2, -0.15) is 0 Å². The molecule has 0 unspecified atom stereocenters. The van der Waals surface area contributed by atoms with Crippen molar-refractivity contribution in [3.63, 3.8) is 0 Å². The summed E-state index contributed by atoms with van der Waals surface area (Å²) in [6.45, 7) is 5.55. The zero-order valence-electron chi connectivity index (χ0n) is 16.3. The Balaban J connectivity index is 1.86. The molecule has 0 aliphatic carbocycles. The highest BCUT2D eigenvalue weighted by Crippen LogP contribution is 2.48. The minimum atomic E-state index is -3.90. The first-order valence-corrected chi connectivity index (χ1v) is 10.7. The van der Waals surface area contributed by atoms with Crippen molar-refractivity contribution in [2.24, 2.45) is 0 Å². The molecule has 1 amide bonds. The van der Waals surface area contributed by atoms with Crippen molar-refractivity contribution in [3.05, 3.63) is 53.1 Å². The van der Waals surface area contributed by atoms with Crippen molar-refractivity contribution >= 4 is 15.7 Å². The molecule has 3 atom stereocenters. The molecule has 0 spiro atoms. The van der Waals surface area contributed by atoms with E-state index in [0.717, 1.165) is 11.1 Å². The maximum atomic E-state index is 13.5. The normalized spacial score (nSPS) is 26.1. The summed E-state index contributed by atoms with van der Waals surface area (Å²) < 4.78 is 38.3. The largest absolute Gasteiger partial charge is 0.497 e. The SMILES string of the molecule is COc1ccc2c(c1)[C@H]1C[C@@](C)(NC(=O)[C@H]1S(=O)(=O)c1ccc(C)c(C)c1)O2. The van der Waals surface area contributed by atoms with Crippen LogP contribution in [0.15, 0.2) is 41.3 Å². The topological polar surface area (TPSA) is 81.7 Å². The van der Waals surface area contributed by atoms with Crippen LogP contribution in [0.25, 0.3) is 0 Å². The molecule has 1 N–H and O–H groups in total. The number of methoxy groups -OCH3 is 1. The second-order valence-corrected chi connectivity index (χ2v) is 9.82. The molecule has 4 rings (SSSR count). The van der Waals surface area contributed by atoms with E-state index >= 15 is 0 Å². The maximum absolute atomic E-state index is 13.5. The Morgan fingerprint density at radius 3 is 2.57 bits per heavy atom. The number of amides is 1. The molecule has 0 aromatic heterocycles. The molecule has 1 fully saturated rings. The highest BCUT2D eigenvalue weighted by atomic mass is 32.2. The quantitative estimate of drug-likeness (QED) is 0.855. The number of aryl methyl sites for hydroxylation is 2. The van der Waals surface area contributed by atoms with Gasteiger partial charge in [-0.1, -0.05) is 6.07 Å². The summed E-state index contributed by atoms with van der Waals surface area (Å²) in [7, 11) is -2.35. The van der Waals surface area contributed by atoms with Crippen LogP contribution in [0.3, 0.4) is 0 Å². The van der Waals surface area contributed by atoms with Gasteiger partial charge in [0, 0.05) is 17.9 Å². The van der Waals surface area contributed by atoms with Crippen LogP contribution in [-0.2, 0) is 14.6 Å². The number of piperidine rings is 1. The third kappa shape index (κ3) is 2.85. The molecule has 6 nitrogen and oxygen atoms in total. The van der Waals surface area contributed by atoms with Gasteiger partial charge in [-0.05, 0) is 62.2 Å². The fraction of sp³-hybridized carbons (Fsp3) is 0.381. The summed E-state index contributed by atoms with van der Waals surface area (Å²) in [5.41, 5.74) is 1.62. The van der Waals surface area contributed by atoms with Gasteiger partial charge in [-0.25, -0.2) is 8.42 Å². The number of ether oxygens (including phenoxy) is 2. The molecule has 2 aromatic carbocycles. The summed E-state index contributed by atoms with van der Waals surface area (Å²) in [6.07, 6.45) is 0.369. The lowest BCUT2D eigenvalue weighted by atomic mass is 9.81. The molecule has 0 saturated carbocycles. The summed E-state index contributed by atoms with van der Waals surface area (Å²) in [4.78, 5) is 13.1. The van der Waals surface area contributed by atoms with Crippen LogP contribution in [0, 0.1) is 13.8 Å². The van der Waals surface area contributed by atoms with E-state index in [-0.39, 0.29) is 4.90 Å². The van der Waals surface area contributed by atoms with E-state index in [1.54, 1.807) is 50.4 Å². The first-order valence-electron chi connectivity index (χ1n) is 9.15. The average molecular weight is 401 g/mol. The highest BCUT2D eigenvalue weighted by Gasteiger charge is 2.54. The first kappa shape index (κ1) is 18.8. The van der Waals surface area contributed by atoms with E-state index in [9.17, 15) is 13.2 Å². The number of sulfone groups is 1. The van der Waals surface area contributed by atoms with Crippen LogP contribution in [0.1, 0.15) is 36.0 Å². The van der Waals surface area contributed by atoms with Crippen molar-refractivity contribution in [2.75, 3.05) is 7.11 Å².